The molecule has 0 saturated heterocycles. The number of Topliss-reactive ketones (excluding diaryl/α,β-unsaturated/α-hetero) is 1. The van der Waals surface area contributed by atoms with Crippen LogP contribution in [0.3, 0.4) is 0 Å². The molecule has 0 amide bonds. The van der Waals surface area contributed by atoms with Gasteiger partial charge >= 0.3 is 0 Å². The molecule has 122 valence electrons. The van der Waals surface area contributed by atoms with E-state index in [9.17, 15) is 4.79 Å². The summed E-state index contributed by atoms with van der Waals surface area (Å²) in [7, 11) is -1.75. The first-order valence-electron chi connectivity index (χ1n) is 8.84. The maximum Gasteiger partial charge on any atom is 0.159 e. The van der Waals surface area contributed by atoms with E-state index in [0.29, 0.717) is 0 Å². The molecule has 1 nitrogen and oxygen atoms in total. The van der Waals surface area contributed by atoms with Gasteiger partial charge in [-0.25, -0.2) is 0 Å². The fourth-order valence-electron chi connectivity index (χ4n) is 4.02. The second-order valence-corrected chi connectivity index (χ2v) is 10.7. The SMILES string of the molecule is CC(=O)C1=C([P+](C)(C2=CC3CC3C=C2)c2ccccc2)C=CCC1. The number of carbonyl (C=O) groups excluding carboxylic acids is 1. The number of hydrogen-bond donors (Lipinski definition) is 0. The summed E-state index contributed by atoms with van der Waals surface area (Å²) in [6.07, 6.45) is 14.9. The van der Waals surface area contributed by atoms with Gasteiger partial charge in [0.15, 0.2) is 5.78 Å². The van der Waals surface area contributed by atoms with Gasteiger partial charge in [-0.3, -0.25) is 4.79 Å². The molecule has 3 aliphatic carbocycles. The Morgan fingerprint density at radius 3 is 2.62 bits per heavy atom. The van der Waals surface area contributed by atoms with Gasteiger partial charge in [0.05, 0.1) is 6.66 Å². The Labute approximate surface area is 145 Å². The second-order valence-electron chi connectivity index (χ2n) is 7.22. The van der Waals surface area contributed by atoms with Crippen molar-refractivity contribution < 1.29 is 4.79 Å². The minimum Gasteiger partial charge on any atom is -0.295 e. The molecule has 0 N–H and O–H groups in total. The lowest BCUT2D eigenvalue weighted by Gasteiger charge is -2.29. The Kier molecular flexibility index (Phi) is 3.93. The molecule has 3 atom stereocenters. The van der Waals surface area contributed by atoms with E-state index >= 15 is 0 Å². The number of carbonyl (C=O) groups is 1. The number of allylic oxidation sites excluding steroid dienone is 8. The van der Waals surface area contributed by atoms with Gasteiger partial charge in [-0.05, 0) is 68.4 Å². The molecule has 0 aromatic heterocycles. The molecule has 1 saturated carbocycles. The summed E-state index contributed by atoms with van der Waals surface area (Å²) < 4.78 is 0. The van der Waals surface area contributed by atoms with E-state index in [1.54, 1.807) is 6.92 Å². The van der Waals surface area contributed by atoms with Crippen LogP contribution < -0.4 is 5.30 Å². The highest BCUT2D eigenvalue weighted by Gasteiger charge is 2.48. The van der Waals surface area contributed by atoms with Crippen molar-refractivity contribution in [2.24, 2.45) is 11.8 Å². The number of fused-ring (bicyclic) bond motifs is 1. The normalized spacial score (nSPS) is 27.3. The maximum absolute atomic E-state index is 12.3. The van der Waals surface area contributed by atoms with E-state index in [1.165, 1.54) is 22.4 Å². The molecule has 0 bridgehead atoms. The molecule has 0 aliphatic heterocycles. The van der Waals surface area contributed by atoms with Crippen LogP contribution in [0.1, 0.15) is 26.2 Å². The molecule has 3 unspecified atom stereocenters. The number of hydrogen-bond acceptors (Lipinski definition) is 1. The topological polar surface area (TPSA) is 17.1 Å². The van der Waals surface area contributed by atoms with Crippen molar-refractivity contribution >= 4 is 18.4 Å². The molecule has 3 aliphatic rings. The van der Waals surface area contributed by atoms with Gasteiger partial charge in [-0.2, -0.15) is 0 Å². The van der Waals surface area contributed by atoms with Crippen LogP contribution in [0.4, 0.5) is 0 Å². The molecular formula is C22H24OP+. The van der Waals surface area contributed by atoms with E-state index in [2.05, 4.69) is 67.4 Å². The van der Waals surface area contributed by atoms with E-state index in [1.807, 2.05) is 0 Å². The standard InChI is InChI=1S/C22H24OP/c1-16(23)21-10-6-7-11-22(21)24(2,19-8-4-3-5-9-19)20-13-12-17-14-18(17)15-20/h3-5,7-9,11-13,15,17-18H,6,10,14H2,1-2H3/q+1. The highest BCUT2D eigenvalue weighted by Crippen LogP contribution is 2.71. The van der Waals surface area contributed by atoms with Crippen molar-refractivity contribution in [1.29, 1.82) is 0 Å². The first-order chi connectivity index (χ1) is 11.6. The van der Waals surface area contributed by atoms with Crippen LogP contribution in [0.25, 0.3) is 0 Å². The van der Waals surface area contributed by atoms with Crippen molar-refractivity contribution in [3.05, 3.63) is 76.9 Å². The van der Waals surface area contributed by atoms with Crippen molar-refractivity contribution in [1.82, 2.24) is 0 Å². The summed E-state index contributed by atoms with van der Waals surface area (Å²) in [6, 6.07) is 10.8. The zero-order valence-electron chi connectivity index (χ0n) is 14.4. The van der Waals surface area contributed by atoms with E-state index in [0.717, 1.165) is 30.3 Å². The minimum absolute atomic E-state index is 0.237. The fraction of sp³-hybridized carbons (Fsp3) is 0.318. The predicted molar refractivity (Wildman–Crippen MR) is 104 cm³/mol. The molecule has 0 spiro atoms. The first kappa shape index (κ1) is 15.8. The van der Waals surface area contributed by atoms with Crippen LogP contribution in [0.2, 0.25) is 0 Å². The summed E-state index contributed by atoms with van der Waals surface area (Å²) in [4.78, 5) is 12.3. The Bertz CT molecular complexity index is 797. The van der Waals surface area contributed by atoms with Crippen LogP contribution in [0, 0.1) is 11.8 Å². The van der Waals surface area contributed by atoms with Crippen molar-refractivity contribution in [3.63, 3.8) is 0 Å². The highest BCUT2D eigenvalue weighted by atomic mass is 31.2. The Balaban J connectivity index is 1.93. The second kappa shape index (κ2) is 5.97. The highest BCUT2D eigenvalue weighted by molar-refractivity contribution is 7.90. The average Bonchev–Trinajstić information content (AvgIpc) is 3.40. The third kappa shape index (κ3) is 2.56. The molecule has 1 aromatic rings. The van der Waals surface area contributed by atoms with E-state index in [-0.39, 0.29) is 5.78 Å². The van der Waals surface area contributed by atoms with Crippen molar-refractivity contribution in [2.45, 2.75) is 26.2 Å². The maximum atomic E-state index is 12.3. The first-order valence-corrected chi connectivity index (χ1v) is 11.1. The van der Waals surface area contributed by atoms with Crippen molar-refractivity contribution in [3.8, 4) is 0 Å². The fourth-order valence-corrected chi connectivity index (χ4v) is 7.73. The van der Waals surface area contributed by atoms with Gasteiger partial charge in [-0.1, -0.05) is 30.4 Å². The lowest BCUT2D eigenvalue weighted by Crippen LogP contribution is -2.17. The predicted octanol–water partition coefficient (Wildman–Crippen LogP) is 5.24. The number of ketones is 1. The van der Waals surface area contributed by atoms with Gasteiger partial charge in [0.2, 0.25) is 0 Å². The van der Waals surface area contributed by atoms with Gasteiger partial charge in [0.25, 0.3) is 0 Å². The van der Waals surface area contributed by atoms with Crippen LogP contribution in [-0.4, -0.2) is 12.4 Å². The molecule has 24 heavy (non-hydrogen) atoms. The van der Waals surface area contributed by atoms with E-state index in [4.69, 9.17) is 0 Å². The summed E-state index contributed by atoms with van der Waals surface area (Å²) in [5.74, 6) is 1.73. The van der Waals surface area contributed by atoms with Gasteiger partial charge in [0.1, 0.15) is 23.2 Å². The van der Waals surface area contributed by atoms with Crippen LogP contribution >= 0.6 is 7.26 Å². The molecule has 1 fully saturated rings. The van der Waals surface area contributed by atoms with E-state index < -0.39 is 7.26 Å². The monoisotopic (exact) mass is 335 g/mol. The lowest BCUT2D eigenvalue weighted by molar-refractivity contribution is -0.113. The molecule has 1 aromatic carbocycles. The molecule has 0 heterocycles. The smallest absolute Gasteiger partial charge is 0.159 e. The lowest BCUT2D eigenvalue weighted by atomic mass is 10.0. The average molecular weight is 335 g/mol. The molecule has 4 rings (SSSR count). The van der Waals surface area contributed by atoms with Crippen molar-refractivity contribution in [2.75, 3.05) is 6.66 Å². The summed E-state index contributed by atoms with van der Waals surface area (Å²) in [5.41, 5.74) is 1.05. The largest absolute Gasteiger partial charge is 0.295 e. The molecular weight excluding hydrogens is 311 g/mol. The van der Waals surface area contributed by atoms with Crippen LogP contribution in [0.15, 0.2) is 76.9 Å². The zero-order valence-corrected chi connectivity index (χ0v) is 15.3. The third-order valence-electron chi connectivity index (χ3n) is 5.63. The van der Waals surface area contributed by atoms with Crippen LogP contribution in [0.5, 0.6) is 0 Å². The number of rotatable bonds is 4. The Morgan fingerprint density at radius 1 is 1.12 bits per heavy atom. The summed E-state index contributed by atoms with van der Waals surface area (Å²) in [5, 5.41) is 4.12. The Hall–Kier alpha value is -1.72. The zero-order chi connectivity index (χ0) is 16.7. The Morgan fingerprint density at radius 2 is 1.92 bits per heavy atom. The van der Waals surface area contributed by atoms with Gasteiger partial charge in [-0.15, -0.1) is 0 Å². The minimum atomic E-state index is -1.75. The van der Waals surface area contributed by atoms with Crippen LogP contribution in [-0.2, 0) is 4.79 Å². The molecule has 0 radical (unpaired) electrons. The molecule has 2 heteroatoms. The summed E-state index contributed by atoms with van der Waals surface area (Å²) in [6.45, 7) is 4.13. The van der Waals surface area contributed by atoms with Gasteiger partial charge < -0.3 is 0 Å². The van der Waals surface area contributed by atoms with Gasteiger partial charge in [0, 0.05) is 5.57 Å². The third-order valence-corrected chi connectivity index (χ3v) is 9.68. The number of benzene rings is 1. The quantitative estimate of drug-likeness (QED) is 0.688. The summed E-state index contributed by atoms with van der Waals surface area (Å²) >= 11 is 0.